The molecule has 0 unspecified atom stereocenters. The molecule has 0 heterocycles. The summed E-state index contributed by atoms with van der Waals surface area (Å²) in [5, 5.41) is 2.92. The van der Waals surface area contributed by atoms with Gasteiger partial charge in [0.15, 0.2) is 0 Å². The first-order valence-electron chi connectivity index (χ1n) is 6.24. The van der Waals surface area contributed by atoms with Gasteiger partial charge in [0.1, 0.15) is 5.88 Å². The van der Waals surface area contributed by atoms with Crippen LogP contribution in [-0.2, 0) is 4.79 Å². The second-order valence-corrected chi connectivity index (χ2v) is 6.58. The molecular weight excluding hydrogens is 246 g/mol. The Hall–Kier alpha value is -0.940. The molecule has 3 heteroatoms. The van der Waals surface area contributed by atoms with E-state index in [0.717, 1.165) is 24.1 Å². The van der Waals surface area contributed by atoms with Crippen LogP contribution < -0.4 is 5.32 Å². The first kappa shape index (κ1) is 15.1. The van der Waals surface area contributed by atoms with E-state index in [2.05, 4.69) is 44.9 Å². The van der Waals surface area contributed by atoms with Gasteiger partial charge < -0.3 is 5.32 Å². The van der Waals surface area contributed by atoms with Crippen LogP contribution in [0, 0.1) is 22.7 Å². The van der Waals surface area contributed by atoms with Gasteiger partial charge in [0.05, 0.1) is 0 Å². The van der Waals surface area contributed by atoms with Crippen LogP contribution in [0.1, 0.15) is 47.5 Å². The molecule has 0 radical (unpaired) electrons. The van der Waals surface area contributed by atoms with Gasteiger partial charge in [0, 0.05) is 11.3 Å². The lowest BCUT2D eigenvalue weighted by atomic mass is 9.64. The second-order valence-electron chi connectivity index (χ2n) is 6.31. The number of hydrogen-bond donors (Lipinski definition) is 1. The SMILES string of the molecule is CC#CC1=C(NC(=O)CCl)CC(C)(C)CC1(C)C. The molecule has 0 bridgehead atoms. The zero-order valence-corrected chi connectivity index (χ0v) is 12.7. The first-order valence-corrected chi connectivity index (χ1v) is 6.77. The Balaban J connectivity index is 3.22. The third-order valence-electron chi connectivity index (χ3n) is 3.22. The molecule has 1 aliphatic rings. The fraction of sp³-hybridized carbons (Fsp3) is 0.667. The second kappa shape index (κ2) is 5.36. The molecule has 1 N–H and O–H groups in total. The van der Waals surface area contributed by atoms with Gasteiger partial charge in [-0.2, -0.15) is 0 Å². The highest BCUT2D eigenvalue weighted by molar-refractivity contribution is 6.27. The van der Waals surface area contributed by atoms with Crippen molar-refractivity contribution >= 4 is 17.5 Å². The van der Waals surface area contributed by atoms with Crippen LogP contribution in [0.3, 0.4) is 0 Å². The number of carbonyl (C=O) groups is 1. The van der Waals surface area contributed by atoms with Crippen molar-refractivity contribution in [1.82, 2.24) is 5.32 Å². The summed E-state index contributed by atoms with van der Waals surface area (Å²) < 4.78 is 0. The number of nitrogens with one attached hydrogen (secondary N) is 1. The molecule has 0 spiro atoms. The van der Waals surface area contributed by atoms with Crippen molar-refractivity contribution in [1.29, 1.82) is 0 Å². The van der Waals surface area contributed by atoms with Gasteiger partial charge in [-0.25, -0.2) is 0 Å². The Bertz CT molecular complexity index is 435. The van der Waals surface area contributed by atoms with Gasteiger partial charge in [-0.15, -0.1) is 17.5 Å². The number of hydrogen-bond acceptors (Lipinski definition) is 1. The average Bonchev–Trinajstić information content (AvgIpc) is 2.21. The fourth-order valence-electron chi connectivity index (χ4n) is 3.00. The Morgan fingerprint density at radius 1 is 1.39 bits per heavy atom. The lowest BCUT2D eigenvalue weighted by Crippen LogP contribution is -2.37. The minimum Gasteiger partial charge on any atom is -0.328 e. The zero-order valence-electron chi connectivity index (χ0n) is 11.9. The molecule has 1 rings (SSSR count). The molecule has 18 heavy (non-hydrogen) atoms. The number of halogens is 1. The van der Waals surface area contributed by atoms with Crippen molar-refractivity contribution in [2.75, 3.05) is 5.88 Å². The fourth-order valence-corrected chi connectivity index (χ4v) is 3.07. The van der Waals surface area contributed by atoms with Gasteiger partial charge >= 0.3 is 0 Å². The summed E-state index contributed by atoms with van der Waals surface area (Å²) >= 11 is 5.57. The summed E-state index contributed by atoms with van der Waals surface area (Å²) in [5.41, 5.74) is 2.14. The smallest absolute Gasteiger partial charge is 0.239 e. The van der Waals surface area contributed by atoms with Crippen molar-refractivity contribution < 1.29 is 4.79 Å². The van der Waals surface area contributed by atoms with E-state index in [1.807, 2.05) is 6.92 Å². The molecule has 0 fully saturated rings. The lowest BCUT2D eigenvalue weighted by Gasteiger charge is -2.42. The van der Waals surface area contributed by atoms with Crippen LogP contribution in [0.15, 0.2) is 11.3 Å². The van der Waals surface area contributed by atoms with Gasteiger partial charge in [0.25, 0.3) is 0 Å². The molecule has 0 aromatic rings. The Morgan fingerprint density at radius 3 is 2.50 bits per heavy atom. The van der Waals surface area contributed by atoms with Crippen molar-refractivity contribution in [3.63, 3.8) is 0 Å². The summed E-state index contributed by atoms with van der Waals surface area (Å²) in [6.07, 6.45) is 1.90. The van der Waals surface area contributed by atoms with E-state index in [9.17, 15) is 4.79 Å². The van der Waals surface area contributed by atoms with E-state index in [4.69, 9.17) is 11.6 Å². The number of rotatable bonds is 2. The van der Waals surface area contributed by atoms with Crippen LogP contribution in [0.25, 0.3) is 0 Å². The number of carbonyl (C=O) groups excluding carboxylic acids is 1. The third kappa shape index (κ3) is 3.53. The molecule has 0 aromatic heterocycles. The van der Waals surface area contributed by atoms with Gasteiger partial charge in [-0.05, 0) is 30.6 Å². The monoisotopic (exact) mass is 267 g/mol. The summed E-state index contributed by atoms with van der Waals surface area (Å²) in [6, 6.07) is 0. The Labute approximate surface area is 115 Å². The van der Waals surface area contributed by atoms with E-state index in [1.54, 1.807) is 0 Å². The molecule has 2 nitrogen and oxygen atoms in total. The van der Waals surface area contributed by atoms with E-state index in [-0.39, 0.29) is 22.6 Å². The summed E-state index contributed by atoms with van der Waals surface area (Å²) in [4.78, 5) is 11.5. The van der Waals surface area contributed by atoms with Gasteiger partial charge in [0.2, 0.25) is 5.91 Å². The average molecular weight is 268 g/mol. The summed E-state index contributed by atoms with van der Waals surface area (Å²) in [5.74, 6) is 5.94. The van der Waals surface area contributed by atoms with Crippen molar-refractivity contribution in [3.8, 4) is 11.8 Å². The van der Waals surface area contributed by atoms with E-state index >= 15 is 0 Å². The first-order chi connectivity index (χ1) is 8.22. The molecule has 0 atom stereocenters. The molecule has 1 aliphatic carbocycles. The standard InChI is InChI=1S/C15H22ClNO/c1-6-7-11-12(17-13(18)9-16)8-14(2,3)10-15(11,4)5/h8-10H2,1-5H3,(H,17,18). The van der Waals surface area contributed by atoms with Crippen LogP contribution in [0.5, 0.6) is 0 Å². The largest absolute Gasteiger partial charge is 0.328 e. The lowest BCUT2D eigenvalue weighted by molar-refractivity contribution is -0.118. The molecule has 0 aromatic carbocycles. The minimum atomic E-state index is -0.157. The van der Waals surface area contributed by atoms with Gasteiger partial charge in [-0.1, -0.05) is 33.6 Å². The molecule has 0 aliphatic heterocycles. The van der Waals surface area contributed by atoms with Crippen molar-refractivity contribution in [2.24, 2.45) is 10.8 Å². The quantitative estimate of drug-likeness (QED) is 0.602. The van der Waals surface area contributed by atoms with Crippen LogP contribution in [0.4, 0.5) is 0 Å². The predicted molar refractivity (Wildman–Crippen MR) is 76.1 cm³/mol. The maximum Gasteiger partial charge on any atom is 0.239 e. The highest BCUT2D eigenvalue weighted by Gasteiger charge is 2.39. The van der Waals surface area contributed by atoms with Crippen LogP contribution in [-0.4, -0.2) is 11.8 Å². The van der Waals surface area contributed by atoms with Crippen LogP contribution in [0.2, 0.25) is 0 Å². The topological polar surface area (TPSA) is 29.1 Å². The minimum absolute atomic E-state index is 0.0142. The summed E-state index contributed by atoms with van der Waals surface area (Å²) in [6.45, 7) is 10.6. The maximum absolute atomic E-state index is 11.5. The number of amides is 1. The Morgan fingerprint density at radius 2 is 2.00 bits per heavy atom. The third-order valence-corrected chi connectivity index (χ3v) is 3.46. The molecule has 1 amide bonds. The Kier molecular flexibility index (Phi) is 4.50. The molecule has 0 saturated carbocycles. The van der Waals surface area contributed by atoms with Crippen molar-refractivity contribution in [3.05, 3.63) is 11.3 Å². The molecular formula is C15H22ClNO. The van der Waals surface area contributed by atoms with Crippen molar-refractivity contribution in [2.45, 2.75) is 47.5 Å². The van der Waals surface area contributed by atoms with E-state index in [0.29, 0.717) is 0 Å². The molecule has 0 saturated heterocycles. The van der Waals surface area contributed by atoms with E-state index < -0.39 is 0 Å². The summed E-state index contributed by atoms with van der Waals surface area (Å²) in [7, 11) is 0. The molecule has 100 valence electrons. The maximum atomic E-state index is 11.5. The van der Waals surface area contributed by atoms with Gasteiger partial charge in [-0.3, -0.25) is 4.79 Å². The predicted octanol–water partition coefficient (Wildman–Crippen LogP) is 3.47. The normalized spacial score (nSPS) is 21.0. The van der Waals surface area contributed by atoms with E-state index in [1.165, 1.54) is 0 Å². The highest BCUT2D eigenvalue weighted by Crippen LogP contribution is 2.47. The highest BCUT2D eigenvalue weighted by atomic mass is 35.5. The zero-order chi connectivity index (χ0) is 14.0. The number of alkyl halides is 1. The number of allylic oxidation sites excluding steroid dienone is 2. The van der Waals surface area contributed by atoms with Crippen LogP contribution >= 0.6 is 11.6 Å².